The van der Waals surface area contributed by atoms with E-state index in [9.17, 15) is 18.8 Å². The molecule has 0 bridgehead atoms. The number of para-hydroxylation sites is 1. The topological polar surface area (TPSA) is 76.2 Å². The largest absolute Gasteiger partial charge is 0.493 e. The van der Waals surface area contributed by atoms with E-state index in [-0.39, 0.29) is 18.9 Å². The van der Waals surface area contributed by atoms with Crippen LogP contribution in [0.15, 0.2) is 48.5 Å². The van der Waals surface area contributed by atoms with Gasteiger partial charge in [-0.1, -0.05) is 24.3 Å². The van der Waals surface area contributed by atoms with E-state index >= 15 is 0 Å². The Hall–Kier alpha value is -3.42. The molecule has 0 spiro atoms. The highest BCUT2D eigenvalue weighted by Crippen LogP contribution is 2.58. The number of hydrogen-bond acceptors (Lipinski definition) is 5. The van der Waals surface area contributed by atoms with E-state index in [1.54, 1.807) is 19.9 Å². The maximum atomic E-state index is 13.9. The normalized spacial score (nSPS) is 28.7. The van der Waals surface area contributed by atoms with Crippen molar-refractivity contribution in [1.82, 2.24) is 4.90 Å². The number of carbonyl (C=O) groups is 3. The summed E-state index contributed by atoms with van der Waals surface area (Å²) < 4.78 is 25.1. The van der Waals surface area contributed by atoms with Crippen molar-refractivity contribution in [2.45, 2.75) is 25.4 Å². The number of esters is 1. The summed E-state index contributed by atoms with van der Waals surface area (Å²) in [5, 5.41) is 0. The Morgan fingerprint density at radius 3 is 2.74 bits per heavy atom. The van der Waals surface area contributed by atoms with Gasteiger partial charge in [-0.25, -0.2) is 14.1 Å². The predicted molar refractivity (Wildman–Crippen MR) is 108 cm³/mol. The van der Waals surface area contributed by atoms with Crippen LogP contribution in [0.25, 0.3) is 0 Å². The first kappa shape index (κ1) is 19.5. The maximum Gasteiger partial charge on any atom is 0.332 e. The molecule has 7 nitrogen and oxygen atoms in total. The first-order valence-electron chi connectivity index (χ1n) is 10.2. The van der Waals surface area contributed by atoms with Crippen molar-refractivity contribution >= 4 is 23.6 Å². The van der Waals surface area contributed by atoms with E-state index in [1.807, 2.05) is 18.2 Å². The minimum atomic E-state index is -1.48. The van der Waals surface area contributed by atoms with Crippen LogP contribution >= 0.6 is 0 Å². The van der Waals surface area contributed by atoms with Crippen LogP contribution < -0.4 is 9.64 Å². The summed E-state index contributed by atoms with van der Waals surface area (Å²) >= 11 is 0. The van der Waals surface area contributed by atoms with Crippen LogP contribution in [-0.4, -0.2) is 41.6 Å². The van der Waals surface area contributed by atoms with Gasteiger partial charge in [0, 0.05) is 11.5 Å². The molecule has 3 aliphatic rings. The third-order valence-electron chi connectivity index (χ3n) is 6.53. The SMILES string of the molecule is CCOC(=O)[C@@H]1[C@H]2COc3ccccc3[C@H]2N2C(=O)N(c3cccc(F)c3)C(=O)[C@]12C. The fourth-order valence-corrected chi connectivity index (χ4v) is 5.28. The van der Waals surface area contributed by atoms with Gasteiger partial charge in [-0.05, 0) is 38.1 Å². The first-order valence-corrected chi connectivity index (χ1v) is 10.2. The molecule has 2 aromatic carbocycles. The fourth-order valence-electron chi connectivity index (χ4n) is 5.28. The molecule has 0 aromatic heterocycles. The number of benzene rings is 2. The van der Waals surface area contributed by atoms with Crippen LogP contribution in [0, 0.1) is 17.7 Å². The van der Waals surface area contributed by atoms with Crippen molar-refractivity contribution in [3.05, 3.63) is 59.9 Å². The number of nitrogens with zero attached hydrogens (tertiary/aromatic N) is 2. The Labute approximate surface area is 178 Å². The number of ether oxygens (including phenoxy) is 2. The van der Waals surface area contributed by atoms with E-state index < -0.39 is 47.1 Å². The molecule has 0 saturated carbocycles. The van der Waals surface area contributed by atoms with E-state index in [0.29, 0.717) is 5.75 Å². The molecule has 31 heavy (non-hydrogen) atoms. The van der Waals surface area contributed by atoms with Gasteiger partial charge in [-0.3, -0.25) is 9.59 Å². The van der Waals surface area contributed by atoms with Gasteiger partial charge >= 0.3 is 12.0 Å². The van der Waals surface area contributed by atoms with Gasteiger partial charge in [-0.15, -0.1) is 0 Å². The Morgan fingerprint density at radius 1 is 1.23 bits per heavy atom. The molecule has 0 N–H and O–H groups in total. The van der Waals surface area contributed by atoms with Gasteiger partial charge in [0.15, 0.2) is 0 Å². The lowest BCUT2D eigenvalue weighted by Gasteiger charge is -2.34. The van der Waals surface area contributed by atoms with Gasteiger partial charge in [0.25, 0.3) is 5.91 Å². The number of imide groups is 1. The number of amides is 3. The van der Waals surface area contributed by atoms with Crippen LogP contribution in [0.4, 0.5) is 14.9 Å². The fraction of sp³-hybridized carbons (Fsp3) is 0.348. The number of rotatable bonds is 3. The predicted octanol–water partition coefficient (Wildman–Crippen LogP) is 3.30. The first-order chi connectivity index (χ1) is 14.9. The molecule has 2 aromatic rings. The summed E-state index contributed by atoms with van der Waals surface area (Å²) in [6, 6.07) is 11.5. The molecular formula is C23H21FN2O5. The quantitative estimate of drug-likeness (QED) is 0.558. The van der Waals surface area contributed by atoms with Crippen molar-refractivity contribution < 1.29 is 28.2 Å². The Kier molecular flexibility index (Phi) is 4.28. The lowest BCUT2D eigenvalue weighted by atomic mass is 9.77. The van der Waals surface area contributed by atoms with E-state index in [0.717, 1.165) is 16.5 Å². The molecule has 3 amide bonds. The molecule has 3 aliphatic heterocycles. The average molecular weight is 424 g/mol. The summed E-state index contributed by atoms with van der Waals surface area (Å²) in [5.74, 6) is -2.44. The molecule has 3 heterocycles. The molecular weight excluding hydrogens is 403 g/mol. The van der Waals surface area contributed by atoms with Gasteiger partial charge in [-0.2, -0.15) is 0 Å². The summed E-state index contributed by atoms with van der Waals surface area (Å²) in [4.78, 5) is 42.8. The van der Waals surface area contributed by atoms with Crippen molar-refractivity contribution in [2.24, 2.45) is 11.8 Å². The molecule has 0 aliphatic carbocycles. The highest BCUT2D eigenvalue weighted by molar-refractivity contribution is 6.24. The van der Waals surface area contributed by atoms with Gasteiger partial charge < -0.3 is 14.4 Å². The van der Waals surface area contributed by atoms with Crippen LogP contribution in [0.3, 0.4) is 0 Å². The monoisotopic (exact) mass is 424 g/mol. The second kappa shape index (κ2) is 6.80. The maximum absolute atomic E-state index is 13.9. The lowest BCUT2D eigenvalue weighted by molar-refractivity contribution is -0.154. The molecule has 0 radical (unpaired) electrons. The average Bonchev–Trinajstić information content (AvgIpc) is 3.13. The molecule has 4 atom stereocenters. The second-order valence-electron chi connectivity index (χ2n) is 8.11. The number of carbonyl (C=O) groups excluding carboxylic acids is 3. The molecule has 2 fully saturated rings. The molecule has 8 heteroatoms. The molecule has 160 valence electrons. The summed E-state index contributed by atoms with van der Waals surface area (Å²) in [7, 11) is 0. The highest BCUT2D eigenvalue weighted by atomic mass is 19.1. The lowest BCUT2D eigenvalue weighted by Crippen LogP contribution is -2.51. The molecule has 5 rings (SSSR count). The van der Waals surface area contributed by atoms with Crippen LogP contribution in [0.5, 0.6) is 5.75 Å². The summed E-state index contributed by atoms with van der Waals surface area (Å²) in [6.45, 7) is 3.61. The highest BCUT2D eigenvalue weighted by Gasteiger charge is 2.72. The molecule has 2 saturated heterocycles. The number of anilines is 1. The number of hydrogen-bond donors (Lipinski definition) is 0. The van der Waals surface area contributed by atoms with Crippen molar-refractivity contribution in [2.75, 3.05) is 18.1 Å². The van der Waals surface area contributed by atoms with Crippen LogP contribution in [0.1, 0.15) is 25.5 Å². The van der Waals surface area contributed by atoms with Gasteiger partial charge in [0.05, 0.1) is 30.9 Å². The number of urea groups is 1. The second-order valence-corrected chi connectivity index (χ2v) is 8.11. The smallest absolute Gasteiger partial charge is 0.332 e. The van der Waals surface area contributed by atoms with E-state index in [1.165, 1.54) is 23.1 Å². The van der Waals surface area contributed by atoms with Crippen molar-refractivity contribution in [3.63, 3.8) is 0 Å². The third kappa shape index (κ3) is 2.54. The minimum Gasteiger partial charge on any atom is -0.493 e. The Balaban J connectivity index is 1.69. The number of halogens is 1. The van der Waals surface area contributed by atoms with Gasteiger partial charge in [0.1, 0.15) is 17.1 Å². The van der Waals surface area contributed by atoms with Crippen LogP contribution in [0.2, 0.25) is 0 Å². The Bertz CT molecular complexity index is 1100. The zero-order valence-electron chi connectivity index (χ0n) is 17.1. The van der Waals surface area contributed by atoms with Crippen molar-refractivity contribution in [3.8, 4) is 5.75 Å². The van der Waals surface area contributed by atoms with Crippen LogP contribution in [-0.2, 0) is 14.3 Å². The van der Waals surface area contributed by atoms with Gasteiger partial charge in [0.2, 0.25) is 0 Å². The molecule has 0 unspecified atom stereocenters. The minimum absolute atomic E-state index is 0.130. The number of fused-ring (bicyclic) bond motifs is 5. The zero-order valence-corrected chi connectivity index (χ0v) is 17.1. The standard InChI is InChI=1S/C23H21FN2O5/c1-3-30-20(27)18-16-12-31-17-10-5-4-9-15(17)19(16)26-22(29)25(21(28)23(18,26)2)14-8-6-7-13(24)11-14/h4-11,16,18-19H,3,12H2,1-2H3/t16-,18+,19-,23+/m1/s1. The van der Waals surface area contributed by atoms with E-state index in [2.05, 4.69) is 0 Å². The third-order valence-corrected chi connectivity index (χ3v) is 6.53. The summed E-state index contributed by atoms with van der Waals surface area (Å²) in [5.41, 5.74) is -0.615. The van der Waals surface area contributed by atoms with E-state index in [4.69, 9.17) is 9.47 Å². The zero-order chi connectivity index (χ0) is 21.9. The van der Waals surface area contributed by atoms with Crippen molar-refractivity contribution in [1.29, 1.82) is 0 Å². The summed E-state index contributed by atoms with van der Waals surface area (Å²) in [6.07, 6.45) is 0. The Morgan fingerprint density at radius 2 is 2.00 bits per heavy atom.